The molecule has 2 heterocycles. The standard InChI is InChI=1S/C14H14N4O/c1-11(12-6-7-19-8-12)17-13-2-4-14(5-3-13)18-10-15-9-16-18/h2-11,17H,1H3. The van der Waals surface area contributed by atoms with Gasteiger partial charge in [-0.3, -0.25) is 0 Å². The lowest BCUT2D eigenvalue weighted by Crippen LogP contribution is -2.05. The quantitative estimate of drug-likeness (QED) is 0.777. The Kier molecular flexibility index (Phi) is 3.02. The van der Waals surface area contributed by atoms with Crippen molar-refractivity contribution in [2.24, 2.45) is 0 Å². The fourth-order valence-corrected chi connectivity index (χ4v) is 1.91. The summed E-state index contributed by atoms with van der Waals surface area (Å²) in [5, 5.41) is 7.50. The van der Waals surface area contributed by atoms with Gasteiger partial charge in [0.2, 0.25) is 0 Å². The topological polar surface area (TPSA) is 55.9 Å². The van der Waals surface area contributed by atoms with E-state index in [-0.39, 0.29) is 6.04 Å². The van der Waals surface area contributed by atoms with Crippen LogP contribution in [0.4, 0.5) is 5.69 Å². The second-order valence-electron chi connectivity index (χ2n) is 4.31. The smallest absolute Gasteiger partial charge is 0.138 e. The first-order valence-electron chi connectivity index (χ1n) is 6.06. The molecule has 1 unspecified atom stereocenters. The van der Waals surface area contributed by atoms with Gasteiger partial charge in [-0.2, -0.15) is 5.10 Å². The first kappa shape index (κ1) is 11.5. The molecule has 0 spiro atoms. The van der Waals surface area contributed by atoms with E-state index in [2.05, 4.69) is 22.3 Å². The van der Waals surface area contributed by atoms with E-state index in [1.807, 2.05) is 30.3 Å². The van der Waals surface area contributed by atoms with Gasteiger partial charge in [0.25, 0.3) is 0 Å². The van der Waals surface area contributed by atoms with Crippen molar-refractivity contribution in [3.63, 3.8) is 0 Å². The summed E-state index contributed by atoms with van der Waals surface area (Å²) in [4.78, 5) is 3.93. The van der Waals surface area contributed by atoms with Crippen molar-refractivity contribution in [2.45, 2.75) is 13.0 Å². The van der Waals surface area contributed by atoms with Gasteiger partial charge in [-0.05, 0) is 37.3 Å². The van der Waals surface area contributed by atoms with Crippen LogP contribution in [0.5, 0.6) is 0 Å². The fourth-order valence-electron chi connectivity index (χ4n) is 1.91. The number of nitrogens with one attached hydrogen (secondary N) is 1. The van der Waals surface area contributed by atoms with Crippen LogP contribution >= 0.6 is 0 Å². The molecule has 1 atom stereocenters. The molecule has 1 aromatic carbocycles. The van der Waals surface area contributed by atoms with Crippen molar-refractivity contribution < 1.29 is 4.42 Å². The summed E-state index contributed by atoms with van der Waals surface area (Å²) in [6.07, 6.45) is 6.63. The van der Waals surface area contributed by atoms with Crippen LogP contribution in [0.2, 0.25) is 0 Å². The molecule has 0 bridgehead atoms. The maximum Gasteiger partial charge on any atom is 0.138 e. The third kappa shape index (κ3) is 2.49. The van der Waals surface area contributed by atoms with Gasteiger partial charge in [0.05, 0.1) is 24.3 Å². The van der Waals surface area contributed by atoms with Crippen molar-refractivity contribution in [3.05, 3.63) is 61.1 Å². The van der Waals surface area contributed by atoms with E-state index in [0.29, 0.717) is 0 Å². The van der Waals surface area contributed by atoms with Gasteiger partial charge in [-0.15, -0.1) is 0 Å². The summed E-state index contributed by atoms with van der Waals surface area (Å²) in [5.41, 5.74) is 3.16. The number of benzene rings is 1. The van der Waals surface area contributed by atoms with E-state index in [1.54, 1.807) is 23.5 Å². The van der Waals surface area contributed by atoms with Gasteiger partial charge in [-0.1, -0.05) is 0 Å². The van der Waals surface area contributed by atoms with Crippen LogP contribution in [-0.4, -0.2) is 14.8 Å². The Balaban J connectivity index is 1.73. The Labute approximate surface area is 110 Å². The first-order chi connectivity index (χ1) is 9.33. The van der Waals surface area contributed by atoms with Crippen molar-refractivity contribution in [1.29, 1.82) is 0 Å². The second-order valence-corrected chi connectivity index (χ2v) is 4.31. The molecule has 0 saturated heterocycles. The number of hydrogen-bond acceptors (Lipinski definition) is 4. The fraction of sp³-hybridized carbons (Fsp3) is 0.143. The lowest BCUT2D eigenvalue weighted by molar-refractivity contribution is 0.562. The highest BCUT2D eigenvalue weighted by Crippen LogP contribution is 2.20. The average molecular weight is 254 g/mol. The molecule has 96 valence electrons. The van der Waals surface area contributed by atoms with Crippen LogP contribution in [0, 0.1) is 0 Å². The van der Waals surface area contributed by atoms with Gasteiger partial charge in [0.15, 0.2) is 0 Å². The molecule has 3 aromatic rings. The molecule has 0 saturated carbocycles. The van der Waals surface area contributed by atoms with Crippen LogP contribution in [0.25, 0.3) is 5.69 Å². The van der Waals surface area contributed by atoms with Gasteiger partial charge >= 0.3 is 0 Å². The molecule has 0 fully saturated rings. The third-order valence-corrected chi connectivity index (χ3v) is 2.98. The highest BCUT2D eigenvalue weighted by Gasteiger charge is 2.06. The monoisotopic (exact) mass is 254 g/mol. The van der Waals surface area contributed by atoms with Crippen LogP contribution in [0.3, 0.4) is 0 Å². The molecule has 19 heavy (non-hydrogen) atoms. The zero-order valence-corrected chi connectivity index (χ0v) is 10.5. The van der Waals surface area contributed by atoms with Crippen molar-refractivity contribution in [3.8, 4) is 5.69 Å². The summed E-state index contributed by atoms with van der Waals surface area (Å²) < 4.78 is 6.81. The highest BCUT2D eigenvalue weighted by atomic mass is 16.3. The molecule has 5 nitrogen and oxygen atoms in total. The van der Waals surface area contributed by atoms with Crippen LogP contribution in [-0.2, 0) is 0 Å². The molecule has 1 N–H and O–H groups in total. The summed E-state index contributed by atoms with van der Waals surface area (Å²) in [6.45, 7) is 2.09. The van der Waals surface area contributed by atoms with E-state index < -0.39 is 0 Å². The van der Waals surface area contributed by atoms with Crippen LogP contribution in [0.15, 0.2) is 59.9 Å². The maximum absolute atomic E-state index is 5.08. The minimum absolute atomic E-state index is 0.205. The number of furan rings is 1. The van der Waals surface area contributed by atoms with E-state index in [0.717, 1.165) is 16.9 Å². The molecule has 3 rings (SSSR count). The summed E-state index contributed by atoms with van der Waals surface area (Å²) >= 11 is 0. The Morgan fingerprint density at radius 2 is 2.05 bits per heavy atom. The Bertz CT molecular complexity index is 614. The van der Waals surface area contributed by atoms with E-state index in [4.69, 9.17) is 4.42 Å². The van der Waals surface area contributed by atoms with Gasteiger partial charge in [-0.25, -0.2) is 9.67 Å². The third-order valence-electron chi connectivity index (χ3n) is 2.98. The van der Waals surface area contributed by atoms with Crippen molar-refractivity contribution >= 4 is 5.69 Å². The van der Waals surface area contributed by atoms with E-state index in [9.17, 15) is 0 Å². The van der Waals surface area contributed by atoms with Crippen LogP contribution < -0.4 is 5.32 Å². The largest absolute Gasteiger partial charge is 0.472 e. The van der Waals surface area contributed by atoms with Crippen molar-refractivity contribution in [1.82, 2.24) is 14.8 Å². The Morgan fingerprint density at radius 3 is 2.68 bits per heavy atom. The minimum atomic E-state index is 0.205. The lowest BCUT2D eigenvalue weighted by atomic mass is 10.1. The molecule has 0 radical (unpaired) electrons. The molecule has 2 aromatic heterocycles. The summed E-state index contributed by atoms with van der Waals surface area (Å²) in [5.74, 6) is 0. The number of aromatic nitrogens is 3. The van der Waals surface area contributed by atoms with E-state index in [1.165, 1.54) is 6.33 Å². The summed E-state index contributed by atoms with van der Waals surface area (Å²) in [6, 6.07) is 10.2. The molecule has 0 aliphatic rings. The maximum atomic E-state index is 5.08. The Morgan fingerprint density at radius 1 is 1.21 bits per heavy atom. The number of anilines is 1. The van der Waals surface area contributed by atoms with Gasteiger partial charge in [0, 0.05) is 11.3 Å². The predicted molar refractivity (Wildman–Crippen MR) is 72.1 cm³/mol. The average Bonchev–Trinajstić information content (AvgIpc) is 3.13. The molecule has 0 aliphatic carbocycles. The lowest BCUT2D eigenvalue weighted by Gasteiger charge is -2.13. The molecular weight excluding hydrogens is 240 g/mol. The number of rotatable bonds is 4. The molecule has 0 aliphatic heterocycles. The zero-order valence-electron chi connectivity index (χ0n) is 10.5. The van der Waals surface area contributed by atoms with Crippen molar-refractivity contribution in [2.75, 3.05) is 5.32 Å². The minimum Gasteiger partial charge on any atom is -0.472 e. The molecule has 5 heteroatoms. The normalized spacial score (nSPS) is 12.3. The highest BCUT2D eigenvalue weighted by molar-refractivity contribution is 5.49. The zero-order chi connectivity index (χ0) is 13.1. The summed E-state index contributed by atoms with van der Waals surface area (Å²) in [7, 11) is 0. The molecule has 0 amide bonds. The number of hydrogen-bond donors (Lipinski definition) is 1. The SMILES string of the molecule is CC(Nc1ccc(-n2cncn2)cc1)c1ccoc1. The van der Waals surface area contributed by atoms with Gasteiger partial charge < -0.3 is 9.73 Å². The van der Waals surface area contributed by atoms with Crippen LogP contribution in [0.1, 0.15) is 18.5 Å². The van der Waals surface area contributed by atoms with E-state index >= 15 is 0 Å². The first-order valence-corrected chi connectivity index (χ1v) is 6.06. The predicted octanol–water partition coefficient (Wildman–Crippen LogP) is 3.03. The molecular formula is C14H14N4O. The second kappa shape index (κ2) is 4.97. The number of nitrogens with zero attached hydrogens (tertiary/aromatic N) is 3. The Hall–Kier alpha value is -2.56. The van der Waals surface area contributed by atoms with Gasteiger partial charge in [0.1, 0.15) is 12.7 Å².